The van der Waals surface area contributed by atoms with Crippen molar-refractivity contribution in [3.63, 3.8) is 0 Å². The molecule has 0 aliphatic rings. The number of hydrogen-bond donors (Lipinski definition) is 3. The van der Waals surface area contributed by atoms with E-state index in [2.05, 4.69) is 20.0 Å². The van der Waals surface area contributed by atoms with E-state index in [9.17, 15) is 13.5 Å². The van der Waals surface area contributed by atoms with Crippen LogP contribution in [0.3, 0.4) is 0 Å². The molecule has 0 radical (unpaired) electrons. The van der Waals surface area contributed by atoms with Crippen LogP contribution in [0.4, 0.5) is 11.6 Å². The van der Waals surface area contributed by atoms with E-state index < -0.39 is 10.0 Å². The maximum absolute atomic E-state index is 12.5. The molecule has 0 unspecified atom stereocenters. The Morgan fingerprint density at radius 2 is 1.59 bits per heavy atom. The van der Waals surface area contributed by atoms with Crippen molar-refractivity contribution < 1.29 is 13.5 Å². The summed E-state index contributed by atoms with van der Waals surface area (Å²) in [4.78, 5) is 8.30. The summed E-state index contributed by atoms with van der Waals surface area (Å²) in [6.45, 7) is 3.97. The molecule has 1 aromatic heterocycles. The van der Waals surface area contributed by atoms with E-state index in [0.29, 0.717) is 17.9 Å². The van der Waals surface area contributed by atoms with E-state index in [0.717, 1.165) is 11.3 Å². The molecule has 7 nitrogen and oxygen atoms in total. The fourth-order valence-electron chi connectivity index (χ4n) is 2.56. The number of phenols is 1. The molecule has 27 heavy (non-hydrogen) atoms. The van der Waals surface area contributed by atoms with Crippen LogP contribution in [0.2, 0.25) is 0 Å². The van der Waals surface area contributed by atoms with Gasteiger partial charge in [-0.1, -0.05) is 18.2 Å². The molecular formula is C19H20N4O3S. The van der Waals surface area contributed by atoms with E-state index in [1.54, 1.807) is 44.2 Å². The number of sulfonamides is 1. The van der Waals surface area contributed by atoms with Crippen LogP contribution in [0.25, 0.3) is 0 Å². The zero-order chi connectivity index (χ0) is 19.4. The quantitative estimate of drug-likeness (QED) is 0.603. The number of aromatic nitrogens is 2. The van der Waals surface area contributed by atoms with Gasteiger partial charge in [-0.15, -0.1) is 0 Å². The zero-order valence-corrected chi connectivity index (χ0v) is 15.8. The van der Waals surface area contributed by atoms with Gasteiger partial charge in [-0.3, -0.25) is 0 Å². The summed E-state index contributed by atoms with van der Waals surface area (Å²) in [5, 5.41) is 12.9. The van der Waals surface area contributed by atoms with Crippen LogP contribution in [0, 0.1) is 13.8 Å². The highest BCUT2D eigenvalue weighted by Gasteiger charge is 2.16. The second-order valence-corrected chi connectivity index (χ2v) is 7.77. The van der Waals surface area contributed by atoms with Crippen LogP contribution in [-0.2, 0) is 16.6 Å². The van der Waals surface area contributed by atoms with Crippen molar-refractivity contribution in [2.75, 3.05) is 10.0 Å². The maximum atomic E-state index is 12.5. The summed E-state index contributed by atoms with van der Waals surface area (Å²) >= 11 is 0. The zero-order valence-electron chi connectivity index (χ0n) is 15.0. The molecule has 0 aliphatic carbocycles. The number of hydrogen-bond acceptors (Lipinski definition) is 6. The number of rotatable bonds is 6. The standard InChI is InChI=1S/C19H20N4O3S/c1-13-11-14(2)22-19(21-13)23-27(25,26)17-9-7-16(8-10-17)20-12-15-5-3-4-6-18(15)24/h3-11,20,24H,12H2,1-2H3,(H,21,22,23). The van der Waals surface area contributed by atoms with Crippen LogP contribution < -0.4 is 10.0 Å². The smallest absolute Gasteiger partial charge is 0.264 e. The Kier molecular flexibility index (Phi) is 5.27. The number of anilines is 2. The van der Waals surface area contributed by atoms with Crippen LogP contribution in [0.1, 0.15) is 17.0 Å². The second kappa shape index (κ2) is 7.63. The summed E-state index contributed by atoms with van der Waals surface area (Å²) in [7, 11) is -3.78. The number of nitrogens with one attached hydrogen (secondary N) is 2. The first kappa shape index (κ1) is 18.7. The molecule has 2 aromatic carbocycles. The molecule has 0 saturated carbocycles. The number of nitrogens with zero attached hydrogens (tertiary/aromatic N) is 2. The minimum Gasteiger partial charge on any atom is -0.508 e. The fraction of sp³-hybridized carbons (Fsp3) is 0.158. The molecular weight excluding hydrogens is 364 g/mol. The normalized spacial score (nSPS) is 11.2. The van der Waals surface area contributed by atoms with Gasteiger partial charge in [0, 0.05) is 29.2 Å². The molecule has 0 fully saturated rings. The Labute approximate surface area is 158 Å². The predicted molar refractivity (Wildman–Crippen MR) is 104 cm³/mol. The van der Waals surface area contributed by atoms with Crippen molar-refractivity contribution in [1.29, 1.82) is 0 Å². The number of aromatic hydroxyl groups is 1. The van der Waals surface area contributed by atoms with Crippen molar-refractivity contribution in [3.8, 4) is 5.75 Å². The fourth-order valence-corrected chi connectivity index (χ4v) is 3.50. The van der Waals surface area contributed by atoms with Gasteiger partial charge in [-0.25, -0.2) is 23.1 Å². The largest absolute Gasteiger partial charge is 0.508 e. The van der Waals surface area contributed by atoms with Gasteiger partial charge in [-0.05, 0) is 50.2 Å². The molecule has 8 heteroatoms. The van der Waals surface area contributed by atoms with Gasteiger partial charge in [0.05, 0.1) is 4.90 Å². The van der Waals surface area contributed by atoms with Gasteiger partial charge in [0.25, 0.3) is 10.0 Å². The lowest BCUT2D eigenvalue weighted by Gasteiger charge is -2.10. The van der Waals surface area contributed by atoms with Gasteiger partial charge >= 0.3 is 0 Å². The Hall–Kier alpha value is -3.13. The van der Waals surface area contributed by atoms with Crippen molar-refractivity contribution in [3.05, 3.63) is 71.5 Å². The Morgan fingerprint density at radius 3 is 2.22 bits per heavy atom. The summed E-state index contributed by atoms with van der Waals surface area (Å²) in [6, 6.07) is 15.1. The SMILES string of the molecule is Cc1cc(C)nc(NS(=O)(=O)c2ccc(NCc3ccccc3O)cc2)n1. The minimum atomic E-state index is -3.78. The first-order valence-electron chi connectivity index (χ1n) is 8.29. The third-order valence-corrected chi connectivity index (χ3v) is 5.19. The van der Waals surface area contributed by atoms with E-state index >= 15 is 0 Å². The van der Waals surface area contributed by atoms with E-state index in [4.69, 9.17) is 0 Å². The van der Waals surface area contributed by atoms with Crippen molar-refractivity contribution >= 4 is 21.7 Å². The van der Waals surface area contributed by atoms with Crippen molar-refractivity contribution in [2.45, 2.75) is 25.3 Å². The summed E-state index contributed by atoms with van der Waals surface area (Å²) in [5.74, 6) is 0.260. The summed E-state index contributed by atoms with van der Waals surface area (Å²) in [5.41, 5.74) is 2.86. The van der Waals surface area contributed by atoms with Crippen LogP contribution >= 0.6 is 0 Å². The molecule has 3 rings (SSSR count). The molecule has 0 amide bonds. The molecule has 0 aliphatic heterocycles. The minimum absolute atomic E-state index is 0.0502. The first-order valence-corrected chi connectivity index (χ1v) is 9.78. The third kappa shape index (κ3) is 4.73. The highest BCUT2D eigenvalue weighted by molar-refractivity contribution is 7.92. The van der Waals surface area contributed by atoms with Crippen LogP contribution in [0.15, 0.2) is 59.5 Å². The van der Waals surface area contributed by atoms with E-state index in [-0.39, 0.29) is 16.6 Å². The summed E-state index contributed by atoms with van der Waals surface area (Å²) < 4.78 is 27.4. The highest BCUT2D eigenvalue weighted by atomic mass is 32.2. The molecule has 0 saturated heterocycles. The number of benzene rings is 2. The molecule has 3 aromatic rings. The lowest BCUT2D eigenvalue weighted by molar-refractivity contribution is 0.469. The molecule has 3 N–H and O–H groups in total. The topological polar surface area (TPSA) is 104 Å². The Balaban J connectivity index is 1.71. The van der Waals surface area contributed by atoms with E-state index in [1.807, 2.05) is 12.1 Å². The average molecular weight is 384 g/mol. The molecule has 0 bridgehead atoms. The van der Waals surface area contributed by atoms with E-state index in [1.165, 1.54) is 12.1 Å². The maximum Gasteiger partial charge on any atom is 0.264 e. The van der Waals surface area contributed by atoms with Crippen LogP contribution in [0.5, 0.6) is 5.75 Å². The first-order chi connectivity index (χ1) is 12.8. The Morgan fingerprint density at radius 1 is 0.963 bits per heavy atom. The molecule has 1 heterocycles. The predicted octanol–water partition coefficient (Wildman–Crippen LogP) is 3.21. The number of phenolic OH excluding ortho intramolecular Hbond substituents is 1. The van der Waals surface area contributed by atoms with Gasteiger partial charge in [0.2, 0.25) is 5.95 Å². The lowest BCUT2D eigenvalue weighted by Crippen LogP contribution is -2.15. The molecule has 0 atom stereocenters. The highest BCUT2D eigenvalue weighted by Crippen LogP contribution is 2.20. The van der Waals surface area contributed by atoms with Gasteiger partial charge in [0.1, 0.15) is 5.75 Å². The monoisotopic (exact) mass is 384 g/mol. The Bertz CT molecular complexity index is 1030. The van der Waals surface area contributed by atoms with Crippen molar-refractivity contribution in [1.82, 2.24) is 9.97 Å². The van der Waals surface area contributed by atoms with Gasteiger partial charge in [0.15, 0.2) is 0 Å². The number of para-hydroxylation sites is 1. The molecule has 140 valence electrons. The van der Waals surface area contributed by atoms with Crippen LogP contribution in [-0.4, -0.2) is 23.5 Å². The molecule has 0 spiro atoms. The van der Waals surface area contributed by atoms with Gasteiger partial charge < -0.3 is 10.4 Å². The average Bonchev–Trinajstić information content (AvgIpc) is 2.60. The summed E-state index contributed by atoms with van der Waals surface area (Å²) in [6.07, 6.45) is 0. The number of aryl methyl sites for hydroxylation is 2. The third-order valence-electron chi connectivity index (χ3n) is 3.85. The lowest BCUT2D eigenvalue weighted by atomic mass is 10.2. The van der Waals surface area contributed by atoms with Gasteiger partial charge in [-0.2, -0.15) is 0 Å². The second-order valence-electron chi connectivity index (χ2n) is 6.09. The van der Waals surface area contributed by atoms with Crippen molar-refractivity contribution in [2.24, 2.45) is 0 Å².